The SMILES string of the molecule is CC1CCc2nc(Nc3cccc(O)c3)sc2C1. The molecule has 1 aliphatic carbocycles. The van der Waals surface area contributed by atoms with Crippen LogP contribution >= 0.6 is 11.3 Å². The number of phenols is 1. The van der Waals surface area contributed by atoms with E-state index in [0.29, 0.717) is 0 Å². The lowest BCUT2D eigenvalue weighted by atomic mass is 9.93. The summed E-state index contributed by atoms with van der Waals surface area (Å²) in [6.07, 6.45) is 3.48. The number of nitrogens with one attached hydrogen (secondary N) is 1. The molecule has 0 aliphatic heterocycles. The van der Waals surface area contributed by atoms with Gasteiger partial charge in [-0.05, 0) is 37.3 Å². The van der Waals surface area contributed by atoms with Crippen molar-refractivity contribution >= 4 is 22.2 Å². The van der Waals surface area contributed by atoms with Gasteiger partial charge in [-0.1, -0.05) is 13.0 Å². The number of thiazole rings is 1. The van der Waals surface area contributed by atoms with E-state index in [0.717, 1.165) is 29.6 Å². The van der Waals surface area contributed by atoms with Gasteiger partial charge >= 0.3 is 0 Å². The average Bonchev–Trinajstić information content (AvgIpc) is 2.70. The number of aromatic hydroxyl groups is 1. The van der Waals surface area contributed by atoms with Gasteiger partial charge < -0.3 is 10.4 Å². The maximum absolute atomic E-state index is 9.43. The van der Waals surface area contributed by atoms with E-state index < -0.39 is 0 Å². The number of nitrogens with zero attached hydrogens (tertiary/aromatic N) is 1. The van der Waals surface area contributed by atoms with E-state index in [-0.39, 0.29) is 5.75 Å². The minimum Gasteiger partial charge on any atom is -0.508 e. The Balaban J connectivity index is 1.82. The molecule has 0 fully saturated rings. The number of anilines is 2. The first-order valence-corrected chi connectivity index (χ1v) is 7.07. The van der Waals surface area contributed by atoms with Gasteiger partial charge in [-0.3, -0.25) is 0 Å². The highest BCUT2D eigenvalue weighted by Crippen LogP contribution is 2.33. The van der Waals surface area contributed by atoms with Crippen LogP contribution in [0.2, 0.25) is 0 Å². The molecule has 1 unspecified atom stereocenters. The third kappa shape index (κ3) is 2.34. The van der Waals surface area contributed by atoms with Gasteiger partial charge in [0, 0.05) is 16.6 Å². The van der Waals surface area contributed by atoms with Crippen molar-refractivity contribution in [1.29, 1.82) is 0 Å². The molecule has 4 heteroatoms. The van der Waals surface area contributed by atoms with Crippen LogP contribution in [0.15, 0.2) is 24.3 Å². The molecule has 94 valence electrons. The standard InChI is InChI=1S/C14H16N2OS/c1-9-5-6-12-13(7-9)18-14(16-12)15-10-3-2-4-11(17)8-10/h2-4,8-9,17H,5-7H2,1H3,(H,15,16). The third-order valence-corrected chi connectivity index (χ3v) is 4.32. The lowest BCUT2D eigenvalue weighted by molar-refractivity contribution is 0.475. The Morgan fingerprint density at radius 3 is 3.17 bits per heavy atom. The van der Waals surface area contributed by atoms with Gasteiger partial charge in [-0.2, -0.15) is 0 Å². The van der Waals surface area contributed by atoms with Crippen molar-refractivity contribution in [3.05, 3.63) is 34.8 Å². The second-order valence-corrected chi connectivity index (χ2v) is 6.00. The largest absolute Gasteiger partial charge is 0.508 e. The highest BCUT2D eigenvalue weighted by molar-refractivity contribution is 7.15. The van der Waals surface area contributed by atoms with E-state index >= 15 is 0 Å². The molecule has 0 bridgehead atoms. The van der Waals surface area contributed by atoms with Crippen molar-refractivity contribution in [3.8, 4) is 5.75 Å². The maximum atomic E-state index is 9.43. The fourth-order valence-electron chi connectivity index (χ4n) is 2.30. The Kier molecular flexibility index (Phi) is 2.96. The zero-order valence-corrected chi connectivity index (χ0v) is 11.1. The topological polar surface area (TPSA) is 45.2 Å². The Bertz CT molecular complexity index is 565. The minimum atomic E-state index is 0.273. The molecule has 1 heterocycles. The number of hydrogen-bond acceptors (Lipinski definition) is 4. The number of fused-ring (bicyclic) bond motifs is 1. The zero-order valence-electron chi connectivity index (χ0n) is 10.3. The molecule has 2 aromatic rings. The molecule has 1 aromatic heterocycles. The van der Waals surface area contributed by atoms with Gasteiger partial charge in [-0.25, -0.2) is 4.98 Å². The summed E-state index contributed by atoms with van der Waals surface area (Å²) < 4.78 is 0. The molecule has 2 N–H and O–H groups in total. The predicted octanol–water partition coefficient (Wildman–Crippen LogP) is 3.72. The molecule has 1 aliphatic rings. The van der Waals surface area contributed by atoms with Gasteiger partial charge in [0.15, 0.2) is 5.13 Å². The summed E-state index contributed by atoms with van der Waals surface area (Å²) in [6.45, 7) is 2.30. The first kappa shape index (κ1) is 11.5. The molecule has 18 heavy (non-hydrogen) atoms. The van der Waals surface area contributed by atoms with Crippen LogP contribution < -0.4 is 5.32 Å². The van der Waals surface area contributed by atoms with Gasteiger partial charge in [-0.15, -0.1) is 11.3 Å². The first-order chi connectivity index (χ1) is 8.70. The lowest BCUT2D eigenvalue weighted by Gasteiger charge is -2.15. The van der Waals surface area contributed by atoms with Crippen LogP contribution in [0.3, 0.4) is 0 Å². The highest BCUT2D eigenvalue weighted by Gasteiger charge is 2.19. The lowest BCUT2D eigenvalue weighted by Crippen LogP contribution is -2.09. The van der Waals surface area contributed by atoms with Crippen LogP contribution in [0.4, 0.5) is 10.8 Å². The highest BCUT2D eigenvalue weighted by atomic mass is 32.1. The number of hydrogen-bond donors (Lipinski definition) is 2. The van der Waals surface area contributed by atoms with Crippen molar-refractivity contribution in [1.82, 2.24) is 4.98 Å². The van der Waals surface area contributed by atoms with Crippen LogP contribution in [-0.4, -0.2) is 10.1 Å². The second-order valence-electron chi connectivity index (χ2n) is 4.91. The number of phenolic OH excluding ortho intramolecular Hbond substituents is 1. The third-order valence-electron chi connectivity index (χ3n) is 3.28. The van der Waals surface area contributed by atoms with Crippen molar-refractivity contribution in [2.45, 2.75) is 26.2 Å². The zero-order chi connectivity index (χ0) is 12.5. The molecule has 3 nitrogen and oxygen atoms in total. The van der Waals surface area contributed by atoms with E-state index in [1.54, 1.807) is 23.5 Å². The molecule has 0 spiro atoms. The normalized spacial score (nSPS) is 18.4. The maximum Gasteiger partial charge on any atom is 0.187 e. The Hall–Kier alpha value is -1.55. The van der Waals surface area contributed by atoms with E-state index in [1.165, 1.54) is 17.0 Å². The number of aryl methyl sites for hydroxylation is 1. The summed E-state index contributed by atoms with van der Waals surface area (Å²) in [7, 11) is 0. The summed E-state index contributed by atoms with van der Waals surface area (Å²) in [5, 5.41) is 13.6. The molecular weight excluding hydrogens is 244 g/mol. The fraction of sp³-hybridized carbons (Fsp3) is 0.357. The first-order valence-electron chi connectivity index (χ1n) is 6.25. The smallest absolute Gasteiger partial charge is 0.187 e. The van der Waals surface area contributed by atoms with Crippen LogP contribution in [0.1, 0.15) is 23.9 Å². The fourth-order valence-corrected chi connectivity index (χ4v) is 3.49. The summed E-state index contributed by atoms with van der Waals surface area (Å²) in [5.74, 6) is 1.04. The minimum absolute atomic E-state index is 0.273. The number of rotatable bonds is 2. The van der Waals surface area contributed by atoms with Crippen molar-refractivity contribution in [2.24, 2.45) is 5.92 Å². The molecule has 1 aromatic carbocycles. The summed E-state index contributed by atoms with van der Waals surface area (Å²) in [4.78, 5) is 6.05. The van der Waals surface area contributed by atoms with E-state index in [2.05, 4.69) is 17.2 Å². The van der Waals surface area contributed by atoms with Gasteiger partial charge in [0.25, 0.3) is 0 Å². The molecular formula is C14H16N2OS. The average molecular weight is 260 g/mol. The van der Waals surface area contributed by atoms with Gasteiger partial charge in [0.2, 0.25) is 0 Å². The van der Waals surface area contributed by atoms with Gasteiger partial charge in [0.1, 0.15) is 5.75 Å². The summed E-state index contributed by atoms with van der Waals surface area (Å²) in [5.41, 5.74) is 2.13. The Labute approximate surface area is 111 Å². The summed E-state index contributed by atoms with van der Waals surface area (Å²) >= 11 is 1.74. The van der Waals surface area contributed by atoms with Crippen LogP contribution in [-0.2, 0) is 12.8 Å². The van der Waals surface area contributed by atoms with Crippen LogP contribution in [0.25, 0.3) is 0 Å². The van der Waals surface area contributed by atoms with Crippen LogP contribution in [0, 0.1) is 5.92 Å². The molecule has 0 radical (unpaired) electrons. The van der Waals surface area contributed by atoms with Crippen molar-refractivity contribution in [2.75, 3.05) is 5.32 Å². The molecule has 0 saturated carbocycles. The monoisotopic (exact) mass is 260 g/mol. The molecule has 3 rings (SSSR count). The van der Waals surface area contributed by atoms with Crippen molar-refractivity contribution < 1.29 is 5.11 Å². The number of benzene rings is 1. The molecule has 0 amide bonds. The predicted molar refractivity (Wildman–Crippen MR) is 74.7 cm³/mol. The van der Waals surface area contributed by atoms with E-state index in [1.807, 2.05) is 12.1 Å². The number of aromatic nitrogens is 1. The van der Waals surface area contributed by atoms with Gasteiger partial charge in [0.05, 0.1) is 5.69 Å². The van der Waals surface area contributed by atoms with Crippen molar-refractivity contribution in [3.63, 3.8) is 0 Å². The van der Waals surface area contributed by atoms with E-state index in [9.17, 15) is 5.11 Å². The summed E-state index contributed by atoms with van der Waals surface area (Å²) in [6, 6.07) is 7.14. The van der Waals surface area contributed by atoms with Crippen LogP contribution in [0.5, 0.6) is 5.75 Å². The molecule has 0 saturated heterocycles. The molecule has 1 atom stereocenters. The Morgan fingerprint density at radius 2 is 2.33 bits per heavy atom. The Morgan fingerprint density at radius 1 is 1.44 bits per heavy atom. The second kappa shape index (κ2) is 4.61. The quantitative estimate of drug-likeness (QED) is 0.865. The van der Waals surface area contributed by atoms with E-state index in [4.69, 9.17) is 0 Å².